The second-order valence-electron chi connectivity index (χ2n) is 9.98. The lowest BCUT2D eigenvalue weighted by Crippen LogP contribution is -2.30. The molecule has 3 aliphatic carbocycles. The van der Waals surface area contributed by atoms with Gasteiger partial charge in [-0.15, -0.1) is 0 Å². The van der Waals surface area contributed by atoms with Gasteiger partial charge in [0.1, 0.15) is 0 Å². The molecule has 5 atom stereocenters. The van der Waals surface area contributed by atoms with Crippen LogP contribution in [-0.2, 0) is 0 Å². The smallest absolute Gasteiger partial charge is 0.0639 e. The van der Waals surface area contributed by atoms with Crippen molar-refractivity contribution in [1.82, 2.24) is 0 Å². The van der Waals surface area contributed by atoms with Gasteiger partial charge in [-0.2, -0.15) is 0 Å². The van der Waals surface area contributed by atoms with E-state index >= 15 is 0 Å². The maximum absolute atomic E-state index is 9.20. The van der Waals surface area contributed by atoms with Crippen LogP contribution in [0.4, 0.5) is 0 Å². The molecule has 1 saturated carbocycles. The van der Waals surface area contributed by atoms with Crippen LogP contribution in [0.3, 0.4) is 0 Å². The van der Waals surface area contributed by atoms with Crippen molar-refractivity contribution < 1.29 is 5.11 Å². The Morgan fingerprint density at radius 1 is 1.35 bits per heavy atom. The van der Waals surface area contributed by atoms with Crippen LogP contribution in [0.15, 0.2) is 34.4 Å². The number of allylic oxidation sites excluding steroid dienone is 5. The van der Waals surface area contributed by atoms with Gasteiger partial charge in [-0.25, -0.2) is 0 Å². The quantitative estimate of drug-likeness (QED) is 0.535. The van der Waals surface area contributed by atoms with E-state index in [4.69, 9.17) is 0 Å². The number of aliphatic hydroxyl groups is 1. The molecule has 1 heteroatoms. The Bertz CT molecular complexity index is 608. The molecule has 0 aromatic heterocycles. The second kappa shape index (κ2) is 8.05. The lowest BCUT2D eigenvalue weighted by atomic mass is 9.65. The van der Waals surface area contributed by atoms with Crippen LogP contribution in [0, 0.1) is 29.1 Å². The maximum Gasteiger partial charge on any atom is 0.0639 e. The van der Waals surface area contributed by atoms with E-state index in [1.807, 2.05) is 6.92 Å². The van der Waals surface area contributed by atoms with E-state index in [1.165, 1.54) is 44.9 Å². The summed E-state index contributed by atoms with van der Waals surface area (Å²) in [5.41, 5.74) is 6.78. The first-order chi connectivity index (χ1) is 12.4. The third-order valence-electron chi connectivity index (χ3n) is 8.17. The molecule has 0 spiro atoms. The summed E-state index contributed by atoms with van der Waals surface area (Å²) in [5, 5.41) is 9.20. The zero-order valence-corrected chi connectivity index (χ0v) is 17.8. The Hall–Kier alpha value is -0.820. The van der Waals surface area contributed by atoms with Crippen LogP contribution >= 0.6 is 0 Å². The third kappa shape index (κ3) is 3.88. The summed E-state index contributed by atoms with van der Waals surface area (Å²) in [6, 6.07) is 0. The van der Waals surface area contributed by atoms with Crippen molar-refractivity contribution in [1.29, 1.82) is 0 Å². The number of aliphatic hydroxyl groups excluding tert-OH is 1. The molecule has 1 fully saturated rings. The summed E-state index contributed by atoms with van der Waals surface area (Å²) >= 11 is 0. The minimum absolute atomic E-state index is 0.207. The van der Waals surface area contributed by atoms with Gasteiger partial charge in [-0.05, 0) is 95.3 Å². The first-order valence-corrected chi connectivity index (χ1v) is 11.0. The Balaban J connectivity index is 1.76. The third-order valence-corrected chi connectivity index (χ3v) is 8.17. The van der Waals surface area contributed by atoms with Crippen LogP contribution in [0.1, 0.15) is 86.0 Å². The van der Waals surface area contributed by atoms with E-state index in [1.54, 1.807) is 16.7 Å². The lowest BCUT2D eigenvalue weighted by Gasteiger charge is -2.39. The molecule has 0 radical (unpaired) electrons. The number of rotatable bonds is 5. The first kappa shape index (κ1) is 19.9. The van der Waals surface area contributed by atoms with Crippen molar-refractivity contribution >= 4 is 0 Å². The fraction of sp³-hybridized carbons (Fsp3) is 0.760. The number of fused-ring (bicyclic) bond motifs is 2. The van der Waals surface area contributed by atoms with Gasteiger partial charge in [-0.3, -0.25) is 0 Å². The monoisotopic (exact) mass is 356 g/mol. The van der Waals surface area contributed by atoms with Gasteiger partial charge in [0.05, 0.1) is 6.61 Å². The highest BCUT2D eigenvalue weighted by molar-refractivity contribution is 5.32. The zero-order valence-electron chi connectivity index (χ0n) is 17.8. The lowest BCUT2D eigenvalue weighted by molar-refractivity contribution is 0.153. The normalized spacial score (nSPS) is 36.3. The van der Waals surface area contributed by atoms with E-state index in [0.717, 1.165) is 35.7 Å². The molecule has 1 N–H and O–H groups in total. The molecular formula is C25H40O. The molecule has 1 nitrogen and oxygen atoms in total. The van der Waals surface area contributed by atoms with Gasteiger partial charge in [0.15, 0.2) is 0 Å². The van der Waals surface area contributed by atoms with Crippen molar-refractivity contribution in [3.63, 3.8) is 0 Å². The summed E-state index contributed by atoms with van der Waals surface area (Å²) < 4.78 is 0. The minimum atomic E-state index is 0.207. The predicted molar refractivity (Wildman–Crippen MR) is 112 cm³/mol. The predicted octanol–water partition coefficient (Wildman–Crippen LogP) is 6.84. The van der Waals surface area contributed by atoms with E-state index < -0.39 is 0 Å². The Labute approximate surface area is 161 Å². The van der Waals surface area contributed by atoms with Gasteiger partial charge < -0.3 is 5.11 Å². The van der Waals surface area contributed by atoms with Crippen molar-refractivity contribution in [3.8, 4) is 0 Å². The van der Waals surface area contributed by atoms with Crippen molar-refractivity contribution in [2.75, 3.05) is 6.61 Å². The molecular weight excluding hydrogens is 316 g/mol. The molecule has 0 amide bonds. The Morgan fingerprint density at radius 2 is 2.12 bits per heavy atom. The molecule has 146 valence electrons. The van der Waals surface area contributed by atoms with Crippen LogP contribution in [0.25, 0.3) is 0 Å². The van der Waals surface area contributed by atoms with E-state index in [9.17, 15) is 5.11 Å². The topological polar surface area (TPSA) is 20.2 Å². The zero-order chi connectivity index (χ0) is 18.9. The molecule has 0 heterocycles. The highest BCUT2D eigenvalue weighted by Gasteiger charge is 2.48. The molecule has 0 bridgehead atoms. The molecule has 3 rings (SSSR count). The average molecular weight is 357 g/mol. The van der Waals surface area contributed by atoms with Gasteiger partial charge in [-0.1, -0.05) is 48.3 Å². The van der Waals surface area contributed by atoms with Gasteiger partial charge >= 0.3 is 0 Å². The number of hydrogen-bond donors (Lipinski definition) is 1. The number of hydrogen-bond acceptors (Lipinski definition) is 1. The van der Waals surface area contributed by atoms with E-state index in [0.29, 0.717) is 5.41 Å². The summed E-state index contributed by atoms with van der Waals surface area (Å²) in [6.07, 6.45) is 15.4. The van der Waals surface area contributed by atoms with Gasteiger partial charge in [0.2, 0.25) is 0 Å². The molecule has 0 saturated heterocycles. The van der Waals surface area contributed by atoms with Crippen LogP contribution in [-0.4, -0.2) is 11.7 Å². The molecule has 0 aromatic rings. The summed E-state index contributed by atoms with van der Waals surface area (Å²) in [4.78, 5) is 0. The molecule has 0 aromatic carbocycles. The van der Waals surface area contributed by atoms with Gasteiger partial charge in [0, 0.05) is 5.92 Å². The highest BCUT2D eigenvalue weighted by Crippen LogP contribution is 2.58. The van der Waals surface area contributed by atoms with Gasteiger partial charge in [0.25, 0.3) is 0 Å². The minimum Gasteiger partial charge on any atom is -0.392 e. The van der Waals surface area contributed by atoms with Crippen LogP contribution in [0.2, 0.25) is 0 Å². The van der Waals surface area contributed by atoms with E-state index in [2.05, 4.69) is 39.8 Å². The Kier molecular flexibility index (Phi) is 6.17. The maximum atomic E-state index is 9.20. The molecule has 5 unspecified atom stereocenters. The first-order valence-electron chi connectivity index (χ1n) is 11.0. The fourth-order valence-corrected chi connectivity index (χ4v) is 6.29. The second-order valence-corrected chi connectivity index (χ2v) is 9.98. The molecule has 0 aliphatic heterocycles. The SMILES string of the molecule is CC(=CCCC(C)C1CCC2(C)CC3=C(C)CCC3C(C)=CCC12)CO. The molecule has 3 aliphatic rings. The summed E-state index contributed by atoms with van der Waals surface area (Å²) in [7, 11) is 0. The van der Waals surface area contributed by atoms with E-state index in [-0.39, 0.29) is 6.61 Å². The fourth-order valence-electron chi connectivity index (χ4n) is 6.29. The summed E-state index contributed by atoms with van der Waals surface area (Å²) in [6.45, 7) is 12.1. The largest absolute Gasteiger partial charge is 0.392 e. The molecule has 26 heavy (non-hydrogen) atoms. The van der Waals surface area contributed by atoms with Crippen molar-refractivity contribution in [2.24, 2.45) is 29.1 Å². The average Bonchev–Trinajstić information content (AvgIpc) is 3.12. The highest BCUT2D eigenvalue weighted by atomic mass is 16.3. The van der Waals surface area contributed by atoms with Crippen LogP contribution < -0.4 is 0 Å². The summed E-state index contributed by atoms with van der Waals surface area (Å²) in [5.74, 6) is 3.26. The Morgan fingerprint density at radius 3 is 2.85 bits per heavy atom. The standard InChI is InChI=1S/C25H40O/c1-17(16-26)7-6-8-18(2)22-13-14-25(5)15-23-20(4)9-11-21(23)19(3)10-12-24(22)25/h7,10,18,21-22,24,26H,6,8-9,11-16H2,1-5H3. The van der Waals surface area contributed by atoms with Crippen molar-refractivity contribution in [2.45, 2.75) is 86.0 Å². The van der Waals surface area contributed by atoms with Crippen LogP contribution in [0.5, 0.6) is 0 Å². The van der Waals surface area contributed by atoms with Crippen molar-refractivity contribution in [3.05, 3.63) is 34.4 Å².